The molecular weight excluding hydrogens is 372 g/mol. The SMILES string of the molecule is N=C(N)c1ccc(C2Cc3ccc(F)cc3B(O)O2)cc1OCc1cccnc1. The van der Waals surface area contributed by atoms with Gasteiger partial charge < -0.3 is 20.1 Å². The monoisotopic (exact) mass is 391 g/mol. The number of nitrogens with one attached hydrogen (secondary N) is 1. The first-order valence-electron chi connectivity index (χ1n) is 9.13. The topological polar surface area (TPSA) is 101 Å². The van der Waals surface area contributed by atoms with Crippen LogP contribution in [0.1, 0.15) is 28.4 Å². The number of aromatic nitrogens is 1. The molecule has 1 aliphatic heterocycles. The van der Waals surface area contributed by atoms with Crippen LogP contribution in [0.5, 0.6) is 5.75 Å². The number of hydrogen-bond donors (Lipinski definition) is 3. The molecule has 3 aromatic rings. The van der Waals surface area contributed by atoms with Crippen LogP contribution in [-0.4, -0.2) is 23.0 Å². The van der Waals surface area contributed by atoms with Crippen LogP contribution < -0.4 is 15.9 Å². The smallest absolute Gasteiger partial charge is 0.488 e. The molecule has 4 rings (SSSR count). The third kappa shape index (κ3) is 4.13. The Morgan fingerprint density at radius 1 is 1.31 bits per heavy atom. The van der Waals surface area contributed by atoms with Gasteiger partial charge >= 0.3 is 7.12 Å². The van der Waals surface area contributed by atoms with E-state index >= 15 is 0 Å². The summed E-state index contributed by atoms with van der Waals surface area (Å²) in [5.41, 5.74) is 9.08. The zero-order valence-electron chi connectivity index (χ0n) is 15.5. The molecule has 0 aliphatic carbocycles. The van der Waals surface area contributed by atoms with E-state index in [1.165, 1.54) is 12.1 Å². The molecule has 0 bridgehead atoms. The van der Waals surface area contributed by atoms with Crippen LogP contribution in [0, 0.1) is 11.2 Å². The van der Waals surface area contributed by atoms with Gasteiger partial charge in [-0.05, 0) is 46.9 Å². The minimum absolute atomic E-state index is 0.108. The molecule has 1 aromatic heterocycles. The van der Waals surface area contributed by atoms with Gasteiger partial charge in [-0.15, -0.1) is 0 Å². The van der Waals surface area contributed by atoms with Gasteiger partial charge in [-0.2, -0.15) is 0 Å². The highest BCUT2D eigenvalue weighted by atomic mass is 19.1. The first-order chi connectivity index (χ1) is 14.0. The van der Waals surface area contributed by atoms with E-state index in [0.29, 0.717) is 23.2 Å². The van der Waals surface area contributed by atoms with Gasteiger partial charge in [-0.25, -0.2) is 4.39 Å². The van der Waals surface area contributed by atoms with Gasteiger partial charge in [0, 0.05) is 24.4 Å². The van der Waals surface area contributed by atoms with Crippen molar-refractivity contribution in [3.05, 3.63) is 89.0 Å². The summed E-state index contributed by atoms with van der Waals surface area (Å²) in [6.07, 6.45) is 3.42. The predicted octanol–water partition coefficient (Wildman–Crippen LogP) is 2.09. The second kappa shape index (κ2) is 8.02. The van der Waals surface area contributed by atoms with Crippen molar-refractivity contribution < 1.29 is 18.8 Å². The van der Waals surface area contributed by atoms with E-state index in [0.717, 1.165) is 16.7 Å². The fourth-order valence-electron chi connectivity index (χ4n) is 3.38. The molecule has 2 aromatic carbocycles. The summed E-state index contributed by atoms with van der Waals surface area (Å²) < 4.78 is 25.1. The zero-order chi connectivity index (χ0) is 20.4. The Kier molecular flexibility index (Phi) is 5.29. The maximum atomic E-state index is 13.5. The number of nitrogen functional groups attached to an aromatic ring is 1. The molecule has 0 saturated carbocycles. The number of rotatable bonds is 5. The molecule has 0 spiro atoms. The average molecular weight is 391 g/mol. The Labute approximate surface area is 167 Å². The van der Waals surface area contributed by atoms with Gasteiger partial charge in [0.05, 0.1) is 11.7 Å². The maximum absolute atomic E-state index is 13.5. The first kappa shape index (κ1) is 19.1. The van der Waals surface area contributed by atoms with Gasteiger partial charge in [0.15, 0.2) is 0 Å². The fourth-order valence-corrected chi connectivity index (χ4v) is 3.38. The van der Waals surface area contributed by atoms with Gasteiger partial charge in [0.2, 0.25) is 0 Å². The van der Waals surface area contributed by atoms with Gasteiger partial charge in [0.1, 0.15) is 24.0 Å². The van der Waals surface area contributed by atoms with E-state index in [9.17, 15) is 9.41 Å². The second-order valence-corrected chi connectivity index (χ2v) is 6.84. The molecule has 1 atom stereocenters. The summed E-state index contributed by atoms with van der Waals surface area (Å²) in [4.78, 5) is 4.06. The average Bonchev–Trinajstić information content (AvgIpc) is 2.73. The molecule has 8 heteroatoms. The lowest BCUT2D eigenvalue weighted by molar-refractivity contribution is 0.167. The molecule has 4 N–H and O–H groups in total. The molecule has 2 heterocycles. The van der Waals surface area contributed by atoms with Crippen molar-refractivity contribution in [3.8, 4) is 5.75 Å². The van der Waals surface area contributed by atoms with Crippen LogP contribution in [0.2, 0.25) is 0 Å². The minimum Gasteiger partial charge on any atom is -0.488 e. The maximum Gasteiger partial charge on any atom is 0.491 e. The molecule has 146 valence electrons. The van der Waals surface area contributed by atoms with Crippen LogP contribution >= 0.6 is 0 Å². The van der Waals surface area contributed by atoms with Gasteiger partial charge in [-0.1, -0.05) is 18.2 Å². The van der Waals surface area contributed by atoms with Gasteiger partial charge in [0.25, 0.3) is 0 Å². The van der Waals surface area contributed by atoms with Crippen molar-refractivity contribution in [2.45, 2.75) is 19.1 Å². The minimum atomic E-state index is -1.22. The van der Waals surface area contributed by atoms with E-state index in [4.69, 9.17) is 20.5 Å². The number of amidine groups is 1. The number of pyridine rings is 1. The van der Waals surface area contributed by atoms with E-state index in [1.54, 1.807) is 36.7 Å². The van der Waals surface area contributed by atoms with Crippen molar-refractivity contribution in [1.29, 1.82) is 5.41 Å². The normalized spacial score (nSPS) is 15.7. The Morgan fingerprint density at radius 3 is 2.93 bits per heavy atom. The predicted molar refractivity (Wildman–Crippen MR) is 108 cm³/mol. The molecule has 0 saturated heterocycles. The lowest BCUT2D eigenvalue weighted by Crippen LogP contribution is -2.42. The molecule has 0 fully saturated rings. The highest BCUT2D eigenvalue weighted by molar-refractivity contribution is 6.60. The van der Waals surface area contributed by atoms with Crippen LogP contribution in [0.3, 0.4) is 0 Å². The highest BCUT2D eigenvalue weighted by Crippen LogP contribution is 2.31. The van der Waals surface area contributed by atoms with E-state index < -0.39 is 19.0 Å². The van der Waals surface area contributed by atoms with Crippen molar-refractivity contribution >= 4 is 18.4 Å². The quantitative estimate of drug-likeness (QED) is 0.351. The third-order valence-corrected chi connectivity index (χ3v) is 4.86. The molecule has 1 unspecified atom stereocenters. The Balaban J connectivity index is 1.61. The standard InChI is InChI=1S/C21H19BFN3O3/c23-16-5-3-14-8-19(29-22(27)18(14)10-16)15-4-6-17(21(24)25)20(9-15)28-12-13-2-1-7-26-11-13/h1-7,9-11,19,27H,8,12H2,(H3,24,25). The second-order valence-electron chi connectivity index (χ2n) is 6.84. The van der Waals surface area contributed by atoms with Crippen LogP contribution in [0.25, 0.3) is 0 Å². The number of nitrogens with two attached hydrogens (primary N) is 1. The summed E-state index contributed by atoms with van der Waals surface area (Å²) in [5, 5.41) is 18.1. The van der Waals surface area contributed by atoms with Crippen molar-refractivity contribution in [1.82, 2.24) is 4.98 Å². The lowest BCUT2D eigenvalue weighted by Gasteiger charge is -2.28. The molecule has 0 radical (unpaired) electrons. The van der Waals surface area contributed by atoms with Crippen molar-refractivity contribution in [3.63, 3.8) is 0 Å². The highest BCUT2D eigenvalue weighted by Gasteiger charge is 2.32. The van der Waals surface area contributed by atoms with Crippen molar-refractivity contribution in [2.75, 3.05) is 0 Å². The molecule has 0 amide bonds. The number of ether oxygens (including phenoxy) is 1. The van der Waals surface area contributed by atoms with E-state index in [1.807, 2.05) is 12.1 Å². The van der Waals surface area contributed by atoms with E-state index in [-0.39, 0.29) is 12.4 Å². The van der Waals surface area contributed by atoms with Crippen molar-refractivity contribution in [2.24, 2.45) is 5.73 Å². The number of benzene rings is 2. The van der Waals surface area contributed by atoms with E-state index in [2.05, 4.69) is 4.98 Å². The fraction of sp³-hybridized carbons (Fsp3) is 0.143. The number of fused-ring (bicyclic) bond motifs is 1. The van der Waals surface area contributed by atoms with Crippen LogP contribution in [-0.2, 0) is 17.7 Å². The molecule has 29 heavy (non-hydrogen) atoms. The zero-order valence-corrected chi connectivity index (χ0v) is 15.5. The molecule has 1 aliphatic rings. The lowest BCUT2D eigenvalue weighted by atomic mass is 9.71. The summed E-state index contributed by atoms with van der Waals surface area (Å²) in [6.45, 7) is 0.272. The summed E-state index contributed by atoms with van der Waals surface area (Å²) in [5.74, 6) is -0.0771. The number of halogens is 1. The summed E-state index contributed by atoms with van der Waals surface area (Å²) >= 11 is 0. The molecular formula is C21H19BFN3O3. The largest absolute Gasteiger partial charge is 0.491 e. The Morgan fingerprint density at radius 2 is 2.17 bits per heavy atom. The van der Waals surface area contributed by atoms with Gasteiger partial charge in [-0.3, -0.25) is 10.4 Å². The Bertz CT molecular complexity index is 1050. The number of hydrogen-bond acceptors (Lipinski definition) is 5. The summed E-state index contributed by atoms with van der Waals surface area (Å²) in [6, 6.07) is 13.3. The Hall–Kier alpha value is -3.23. The number of nitrogens with zero attached hydrogens (tertiary/aromatic N) is 1. The van der Waals surface area contributed by atoms with Crippen LogP contribution in [0.15, 0.2) is 60.9 Å². The van der Waals surface area contributed by atoms with Crippen LogP contribution in [0.4, 0.5) is 4.39 Å². The first-order valence-corrected chi connectivity index (χ1v) is 9.13. The molecule has 6 nitrogen and oxygen atoms in total. The third-order valence-electron chi connectivity index (χ3n) is 4.86. The summed E-state index contributed by atoms with van der Waals surface area (Å²) in [7, 11) is -1.22.